The van der Waals surface area contributed by atoms with Crippen LogP contribution in [0, 0.1) is 0 Å². The number of fused-ring (bicyclic) bond motifs is 1. The van der Waals surface area contributed by atoms with E-state index in [4.69, 9.17) is 17.3 Å². The van der Waals surface area contributed by atoms with E-state index in [0.717, 1.165) is 24.1 Å². The highest BCUT2D eigenvalue weighted by Crippen LogP contribution is 2.42. The molecule has 3 aromatic rings. The van der Waals surface area contributed by atoms with E-state index < -0.39 is 5.91 Å². The summed E-state index contributed by atoms with van der Waals surface area (Å²) in [5.74, 6) is -0.0574. The number of primary amides is 1. The van der Waals surface area contributed by atoms with Gasteiger partial charge in [-0.15, -0.1) is 0 Å². The third-order valence-electron chi connectivity index (χ3n) is 6.24. The van der Waals surface area contributed by atoms with Crippen molar-refractivity contribution in [2.75, 3.05) is 18.9 Å². The van der Waals surface area contributed by atoms with E-state index in [1.54, 1.807) is 34.8 Å². The SMILES string of the molecule is C/N=C/c1ccc(NC(=O)N2CCn3nc(-c4cccc(Cl)c4)c(C(N)=O)c3C2)cc1C1CC1. The third-order valence-corrected chi connectivity index (χ3v) is 6.47. The number of urea groups is 1. The third kappa shape index (κ3) is 4.28. The highest BCUT2D eigenvalue weighted by molar-refractivity contribution is 6.30. The number of anilines is 1. The van der Waals surface area contributed by atoms with E-state index >= 15 is 0 Å². The maximum atomic E-state index is 13.1. The first-order valence-corrected chi connectivity index (χ1v) is 11.6. The van der Waals surface area contributed by atoms with Gasteiger partial charge in [0.25, 0.3) is 5.91 Å². The second-order valence-corrected chi connectivity index (χ2v) is 9.06. The fourth-order valence-electron chi connectivity index (χ4n) is 4.45. The summed E-state index contributed by atoms with van der Waals surface area (Å²) in [5, 5.41) is 8.16. The van der Waals surface area contributed by atoms with Crippen molar-refractivity contribution in [1.29, 1.82) is 0 Å². The molecule has 1 aliphatic carbocycles. The highest BCUT2D eigenvalue weighted by atomic mass is 35.5. The minimum absolute atomic E-state index is 0.230. The van der Waals surface area contributed by atoms with Crippen LogP contribution in [-0.2, 0) is 13.1 Å². The highest BCUT2D eigenvalue weighted by Gasteiger charge is 2.30. The van der Waals surface area contributed by atoms with E-state index in [-0.39, 0.29) is 12.6 Å². The summed E-state index contributed by atoms with van der Waals surface area (Å²) in [7, 11) is 1.76. The standard InChI is InChI=1S/C25H25ClN6O2/c1-28-13-17-7-8-19(12-20(17)15-5-6-15)29-25(34)31-9-10-32-21(14-31)22(24(27)33)23(30-32)16-3-2-4-18(26)11-16/h2-4,7-8,11-13,15H,5-6,9-10,14H2,1H3,(H2,27,33)(H,29,34)/b28-13+. The molecule has 1 fully saturated rings. The van der Waals surface area contributed by atoms with Gasteiger partial charge in [0.1, 0.15) is 5.69 Å². The first-order chi connectivity index (χ1) is 16.4. The molecule has 2 heterocycles. The largest absolute Gasteiger partial charge is 0.365 e. The van der Waals surface area contributed by atoms with Crippen molar-refractivity contribution in [3.8, 4) is 11.3 Å². The van der Waals surface area contributed by atoms with Crippen molar-refractivity contribution >= 4 is 35.4 Å². The first kappa shape index (κ1) is 22.2. The van der Waals surface area contributed by atoms with Crippen LogP contribution in [0.1, 0.15) is 45.9 Å². The molecule has 3 N–H and O–H groups in total. The molecule has 34 heavy (non-hydrogen) atoms. The van der Waals surface area contributed by atoms with Gasteiger partial charge in [0.05, 0.1) is 24.3 Å². The fraction of sp³-hybridized carbons (Fsp3) is 0.280. The summed E-state index contributed by atoms with van der Waals surface area (Å²) < 4.78 is 1.75. The summed E-state index contributed by atoms with van der Waals surface area (Å²) in [6.45, 7) is 1.15. The van der Waals surface area contributed by atoms with Gasteiger partial charge in [0.15, 0.2) is 0 Å². The Hall–Kier alpha value is -3.65. The molecule has 8 nitrogen and oxygen atoms in total. The molecule has 2 aliphatic rings. The van der Waals surface area contributed by atoms with Gasteiger partial charge in [0.2, 0.25) is 0 Å². The molecule has 1 aliphatic heterocycles. The lowest BCUT2D eigenvalue weighted by molar-refractivity contribution is 0.0997. The van der Waals surface area contributed by atoms with Crippen LogP contribution in [0.3, 0.4) is 0 Å². The Labute approximate surface area is 202 Å². The van der Waals surface area contributed by atoms with E-state index in [1.165, 1.54) is 5.56 Å². The molecule has 0 saturated heterocycles. The first-order valence-electron chi connectivity index (χ1n) is 11.2. The van der Waals surface area contributed by atoms with Gasteiger partial charge in [-0.1, -0.05) is 29.8 Å². The lowest BCUT2D eigenvalue weighted by atomic mass is 10.0. The van der Waals surface area contributed by atoms with Gasteiger partial charge < -0.3 is 16.0 Å². The van der Waals surface area contributed by atoms with Crippen LogP contribution in [0.2, 0.25) is 5.02 Å². The summed E-state index contributed by atoms with van der Waals surface area (Å²) in [4.78, 5) is 31.3. The van der Waals surface area contributed by atoms with Crippen LogP contribution < -0.4 is 11.1 Å². The van der Waals surface area contributed by atoms with Gasteiger partial charge in [0, 0.05) is 36.1 Å². The van der Waals surface area contributed by atoms with Crippen molar-refractivity contribution < 1.29 is 9.59 Å². The second kappa shape index (κ2) is 8.95. The van der Waals surface area contributed by atoms with E-state index in [0.29, 0.717) is 46.5 Å². The van der Waals surface area contributed by atoms with E-state index in [1.807, 2.05) is 30.5 Å². The summed E-state index contributed by atoms with van der Waals surface area (Å²) in [6.07, 6.45) is 4.17. The number of carbonyl (C=O) groups is 2. The zero-order valence-corrected chi connectivity index (χ0v) is 19.5. The lowest BCUT2D eigenvalue weighted by Crippen LogP contribution is -2.41. The van der Waals surface area contributed by atoms with Gasteiger partial charge in [-0.3, -0.25) is 14.5 Å². The van der Waals surface area contributed by atoms with Crippen molar-refractivity contribution in [2.45, 2.75) is 31.8 Å². The molecule has 1 saturated carbocycles. The van der Waals surface area contributed by atoms with Crippen LogP contribution in [0.5, 0.6) is 0 Å². The number of aliphatic imine (C=N–C) groups is 1. The van der Waals surface area contributed by atoms with Crippen LogP contribution in [0.4, 0.5) is 10.5 Å². The van der Waals surface area contributed by atoms with Crippen LogP contribution in [0.25, 0.3) is 11.3 Å². The molecular formula is C25H25ClN6O2. The number of hydrogen-bond acceptors (Lipinski definition) is 4. The maximum Gasteiger partial charge on any atom is 0.322 e. The van der Waals surface area contributed by atoms with Gasteiger partial charge >= 0.3 is 6.03 Å². The normalized spacial score (nSPS) is 15.4. The Morgan fingerprint density at radius 1 is 1.21 bits per heavy atom. The smallest absolute Gasteiger partial charge is 0.322 e. The van der Waals surface area contributed by atoms with Crippen LogP contribution in [0.15, 0.2) is 47.5 Å². The Morgan fingerprint density at radius 2 is 2.03 bits per heavy atom. The number of hydrogen-bond donors (Lipinski definition) is 2. The zero-order valence-electron chi connectivity index (χ0n) is 18.8. The minimum Gasteiger partial charge on any atom is -0.365 e. The van der Waals surface area contributed by atoms with Crippen molar-refractivity contribution in [3.05, 3.63) is 69.9 Å². The number of nitrogens with two attached hydrogens (primary N) is 1. The number of halogens is 1. The number of nitrogens with one attached hydrogen (secondary N) is 1. The fourth-order valence-corrected chi connectivity index (χ4v) is 4.64. The zero-order chi connectivity index (χ0) is 23.8. The molecular weight excluding hydrogens is 452 g/mol. The lowest BCUT2D eigenvalue weighted by Gasteiger charge is -2.28. The average molecular weight is 477 g/mol. The van der Waals surface area contributed by atoms with Gasteiger partial charge in [-0.05, 0) is 54.2 Å². The second-order valence-electron chi connectivity index (χ2n) is 8.63. The van der Waals surface area contributed by atoms with Gasteiger partial charge in [-0.25, -0.2) is 4.79 Å². The Morgan fingerprint density at radius 3 is 2.74 bits per heavy atom. The van der Waals surface area contributed by atoms with Crippen molar-refractivity contribution in [2.24, 2.45) is 10.7 Å². The number of aromatic nitrogens is 2. The quantitative estimate of drug-likeness (QED) is 0.537. The van der Waals surface area contributed by atoms with Crippen molar-refractivity contribution in [3.63, 3.8) is 0 Å². The molecule has 0 radical (unpaired) electrons. The molecule has 0 spiro atoms. The predicted molar refractivity (Wildman–Crippen MR) is 133 cm³/mol. The number of carbonyl (C=O) groups excluding carboxylic acids is 2. The van der Waals surface area contributed by atoms with Crippen LogP contribution in [-0.4, -0.2) is 46.4 Å². The summed E-state index contributed by atoms with van der Waals surface area (Å²) in [6, 6.07) is 12.8. The maximum absolute atomic E-state index is 13.1. The Bertz CT molecular complexity index is 1310. The van der Waals surface area contributed by atoms with Crippen molar-refractivity contribution in [1.82, 2.24) is 14.7 Å². The Balaban J connectivity index is 1.39. The van der Waals surface area contributed by atoms with E-state index in [2.05, 4.69) is 15.4 Å². The molecule has 1 aromatic heterocycles. The molecule has 5 rings (SSSR count). The van der Waals surface area contributed by atoms with Gasteiger partial charge in [-0.2, -0.15) is 5.10 Å². The average Bonchev–Trinajstić information content (AvgIpc) is 3.59. The monoisotopic (exact) mass is 476 g/mol. The molecule has 9 heteroatoms. The number of nitrogens with zero attached hydrogens (tertiary/aromatic N) is 4. The summed E-state index contributed by atoms with van der Waals surface area (Å²) >= 11 is 6.14. The number of rotatable bonds is 5. The van der Waals surface area contributed by atoms with Crippen LogP contribution >= 0.6 is 11.6 Å². The molecule has 0 atom stereocenters. The number of benzene rings is 2. The molecule has 0 unspecified atom stereocenters. The predicted octanol–water partition coefficient (Wildman–Crippen LogP) is 4.28. The molecule has 174 valence electrons. The molecule has 2 aromatic carbocycles. The Kier molecular flexibility index (Phi) is 5.83. The molecule has 0 bridgehead atoms. The van der Waals surface area contributed by atoms with E-state index in [9.17, 15) is 9.59 Å². The topological polar surface area (TPSA) is 106 Å². The summed E-state index contributed by atoms with van der Waals surface area (Å²) in [5.41, 5.74) is 10.9. The molecule has 3 amide bonds. The minimum atomic E-state index is -0.583. The number of amides is 3.